The van der Waals surface area contributed by atoms with E-state index in [0.717, 1.165) is 14.7 Å². The van der Waals surface area contributed by atoms with Gasteiger partial charge in [0, 0.05) is 3.57 Å². The standard InChI is InChI=1S/C14H14INO2S/c1-10-3-2-4-13(14(10)16)19(17,18)9-11-5-7-12(15)8-6-11/h2-8H,9,16H2,1H3. The first-order valence-corrected chi connectivity index (χ1v) is 8.45. The van der Waals surface area contributed by atoms with Crippen LogP contribution in [0.3, 0.4) is 0 Å². The molecule has 0 aliphatic rings. The lowest BCUT2D eigenvalue weighted by Gasteiger charge is -2.09. The molecule has 3 nitrogen and oxygen atoms in total. The number of anilines is 1. The van der Waals surface area contributed by atoms with Crippen molar-refractivity contribution < 1.29 is 8.42 Å². The predicted octanol–water partition coefficient (Wildman–Crippen LogP) is 3.16. The highest BCUT2D eigenvalue weighted by Gasteiger charge is 2.19. The van der Waals surface area contributed by atoms with E-state index in [1.54, 1.807) is 25.1 Å². The highest BCUT2D eigenvalue weighted by atomic mass is 127. The number of aryl methyl sites for hydroxylation is 1. The Kier molecular flexibility index (Phi) is 4.15. The number of hydrogen-bond acceptors (Lipinski definition) is 3. The van der Waals surface area contributed by atoms with Crippen molar-refractivity contribution in [1.82, 2.24) is 0 Å². The monoisotopic (exact) mass is 387 g/mol. The van der Waals surface area contributed by atoms with Crippen LogP contribution in [-0.4, -0.2) is 8.42 Å². The van der Waals surface area contributed by atoms with Crippen LogP contribution in [0.15, 0.2) is 47.4 Å². The molecule has 0 fully saturated rings. The molecule has 0 bridgehead atoms. The third-order valence-corrected chi connectivity index (χ3v) is 5.35. The molecule has 0 aliphatic heterocycles. The Labute approximate surface area is 126 Å². The van der Waals surface area contributed by atoms with Gasteiger partial charge < -0.3 is 5.73 Å². The molecular formula is C14H14INO2S. The summed E-state index contributed by atoms with van der Waals surface area (Å²) in [6.45, 7) is 1.80. The van der Waals surface area contributed by atoms with Crippen LogP contribution >= 0.6 is 22.6 Å². The van der Waals surface area contributed by atoms with E-state index in [1.165, 1.54) is 0 Å². The van der Waals surface area contributed by atoms with Gasteiger partial charge in [0.05, 0.1) is 16.3 Å². The van der Waals surface area contributed by atoms with Crippen LogP contribution in [0.4, 0.5) is 5.69 Å². The summed E-state index contributed by atoms with van der Waals surface area (Å²) >= 11 is 2.19. The molecule has 0 radical (unpaired) electrons. The van der Waals surface area contributed by atoms with Crippen molar-refractivity contribution in [3.8, 4) is 0 Å². The van der Waals surface area contributed by atoms with Gasteiger partial charge in [-0.2, -0.15) is 0 Å². The zero-order valence-corrected chi connectivity index (χ0v) is 13.4. The molecule has 2 aromatic carbocycles. The van der Waals surface area contributed by atoms with Crippen LogP contribution in [0, 0.1) is 10.5 Å². The number of nitrogen functional groups attached to an aromatic ring is 1. The third kappa shape index (κ3) is 3.27. The maximum atomic E-state index is 12.4. The minimum atomic E-state index is -3.41. The van der Waals surface area contributed by atoms with Crippen molar-refractivity contribution in [2.75, 3.05) is 5.73 Å². The Bertz CT molecular complexity index is 694. The molecule has 0 saturated carbocycles. The fourth-order valence-corrected chi connectivity index (χ4v) is 3.73. The molecule has 0 aromatic heterocycles. The molecule has 0 unspecified atom stereocenters. The first-order valence-electron chi connectivity index (χ1n) is 5.72. The number of halogens is 1. The first kappa shape index (κ1) is 14.3. The lowest BCUT2D eigenvalue weighted by atomic mass is 10.2. The Hall–Kier alpha value is -1.08. The fraction of sp³-hybridized carbons (Fsp3) is 0.143. The van der Waals surface area contributed by atoms with Crippen LogP contribution in [0.5, 0.6) is 0 Å². The minimum Gasteiger partial charge on any atom is -0.397 e. The molecule has 0 saturated heterocycles. The summed E-state index contributed by atoms with van der Waals surface area (Å²) in [5, 5.41) is 0. The smallest absolute Gasteiger partial charge is 0.184 e. The van der Waals surface area contributed by atoms with E-state index < -0.39 is 9.84 Å². The molecule has 0 atom stereocenters. The van der Waals surface area contributed by atoms with Crippen LogP contribution in [0.2, 0.25) is 0 Å². The molecule has 19 heavy (non-hydrogen) atoms. The van der Waals surface area contributed by atoms with Crippen LogP contribution < -0.4 is 5.73 Å². The van der Waals surface area contributed by atoms with E-state index in [4.69, 9.17) is 5.73 Å². The van der Waals surface area contributed by atoms with Gasteiger partial charge in [-0.3, -0.25) is 0 Å². The van der Waals surface area contributed by atoms with Gasteiger partial charge in [-0.05, 0) is 58.8 Å². The van der Waals surface area contributed by atoms with Crippen LogP contribution in [-0.2, 0) is 15.6 Å². The highest BCUT2D eigenvalue weighted by molar-refractivity contribution is 14.1. The molecule has 2 rings (SSSR count). The van der Waals surface area contributed by atoms with Crippen molar-refractivity contribution in [1.29, 1.82) is 0 Å². The summed E-state index contributed by atoms with van der Waals surface area (Å²) < 4.78 is 25.8. The molecule has 2 N–H and O–H groups in total. The fourth-order valence-electron chi connectivity index (χ4n) is 1.80. The third-order valence-electron chi connectivity index (χ3n) is 2.89. The zero-order valence-electron chi connectivity index (χ0n) is 10.4. The minimum absolute atomic E-state index is 0.0302. The van der Waals surface area contributed by atoms with Crippen molar-refractivity contribution in [2.45, 2.75) is 17.6 Å². The number of sulfone groups is 1. The molecule has 100 valence electrons. The van der Waals surface area contributed by atoms with Crippen molar-refractivity contribution in [3.63, 3.8) is 0 Å². The average Bonchev–Trinajstić information content (AvgIpc) is 2.35. The maximum Gasteiger partial charge on any atom is 0.184 e. The quantitative estimate of drug-likeness (QED) is 0.650. The van der Waals surface area contributed by atoms with Gasteiger partial charge in [-0.25, -0.2) is 8.42 Å². The van der Waals surface area contributed by atoms with Crippen molar-refractivity contribution >= 4 is 38.1 Å². The van der Waals surface area contributed by atoms with E-state index in [9.17, 15) is 8.42 Å². The lowest BCUT2D eigenvalue weighted by molar-refractivity contribution is 0.595. The van der Waals surface area contributed by atoms with E-state index >= 15 is 0 Å². The Morgan fingerprint density at radius 3 is 2.37 bits per heavy atom. The van der Waals surface area contributed by atoms with E-state index in [2.05, 4.69) is 22.6 Å². The van der Waals surface area contributed by atoms with Gasteiger partial charge in [0.25, 0.3) is 0 Å². The largest absolute Gasteiger partial charge is 0.397 e. The Morgan fingerprint density at radius 1 is 1.11 bits per heavy atom. The Balaban J connectivity index is 2.38. The number of rotatable bonds is 3. The van der Waals surface area contributed by atoms with E-state index in [0.29, 0.717) is 5.69 Å². The van der Waals surface area contributed by atoms with Crippen LogP contribution in [0.1, 0.15) is 11.1 Å². The highest BCUT2D eigenvalue weighted by Crippen LogP contribution is 2.25. The predicted molar refractivity (Wildman–Crippen MR) is 85.6 cm³/mol. The summed E-state index contributed by atoms with van der Waals surface area (Å²) in [7, 11) is -3.41. The lowest BCUT2D eigenvalue weighted by Crippen LogP contribution is -2.08. The Morgan fingerprint density at radius 2 is 1.74 bits per heavy atom. The van der Waals surface area contributed by atoms with Gasteiger partial charge in [0.2, 0.25) is 0 Å². The second kappa shape index (κ2) is 5.50. The maximum absolute atomic E-state index is 12.4. The normalized spacial score (nSPS) is 11.5. The van der Waals surface area contributed by atoms with Crippen molar-refractivity contribution in [3.05, 3.63) is 57.2 Å². The molecule has 0 aliphatic carbocycles. The summed E-state index contributed by atoms with van der Waals surface area (Å²) in [6, 6.07) is 12.5. The van der Waals surface area contributed by atoms with Gasteiger partial charge >= 0.3 is 0 Å². The van der Waals surface area contributed by atoms with Gasteiger partial charge in [0.15, 0.2) is 9.84 Å². The average molecular weight is 387 g/mol. The van der Waals surface area contributed by atoms with Gasteiger partial charge in [-0.1, -0.05) is 24.3 Å². The number of nitrogens with two attached hydrogens (primary N) is 1. The van der Waals surface area contributed by atoms with E-state index in [-0.39, 0.29) is 10.6 Å². The topological polar surface area (TPSA) is 60.2 Å². The molecule has 2 aromatic rings. The molecule has 5 heteroatoms. The molecule has 0 heterocycles. The first-order chi connectivity index (χ1) is 8.90. The molecule has 0 spiro atoms. The summed E-state index contributed by atoms with van der Waals surface area (Å²) in [5.74, 6) is -0.0302. The number of hydrogen-bond donors (Lipinski definition) is 1. The summed E-state index contributed by atoms with van der Waals surface area (Å²) in [6.07, 6.45) is 0. The van der Waals surface area contributed by atoms with E-state index in [1.807, 2.05) is 24.3 Å². The second-order valence-corrected chi connectivity index (χ2v) is 7.58. The summed E-state index contributed by atoms with van der Waals surface area (Å²) in [4.78, 5) is 0.214. The van der Waals surface area contributed by atoms with Gasteiger partial charge in [-0.15, -0.1) is 0 Å². The molecular weight excluding hydrogens is 373 g/mol. The molecule has 0 amide bonds. The second-order valence-electron chi connectivity index (χ2n) is 4.37. The summed E-state index contributed by atoms with van der Waals surface area (Å²) in [5.41, 5.74) is 7.75. The number of para-hydroxylation sites is 1. The van der Waals surface area contributed by atoms with Crippen LogP contribution in [0.25, 0.3) is 0 Å². The van der Waals surface area contributed by atoms with Gasteiger partial charge in [0.1, 0.15) is 0 Å². The SMILES string of the molecule is Cc1cccc(S(=O)(=O)Cc2ccc(I)cc2)c1N. The van der Waals surface area contributed by atoms with Crippen molar-refractivity contribution in [2.24, 2.45) is 0 Å². The number of benzene rings is 2. The zero-order chi connectivity index (χ0) is 14.0.